The highest BCUT2D eigenvalue weighted by atomic mass is 16.7. The Balaban J connectivity index is 1.59. The molecule has 2 aliphatic rings. The number of benzene rings is 3. The average molecular weight is 575 g/mol. The first kappa shape index (κ1) is 27.3. The van der Waals surface area contributed by atoms with Crippen molar-refractivity contribution >= 4 is 16.9 Å². The Labute approximate surface area is 240 Å². The van der Waals surface area contributed by atoms with Crippen LogP contribution in [0.25, 0.3) is 22.3 Å². The molecule has 1 aromatic heterocycles. The maximum absolute atomic E-state index is 13.7. The first-order chi connectivity index (χ1) is 20.3. The van der Waals surface area contributed by atoms with Crippen molar-refractivity contribution in [3.05, 3.63) is 69.9 Å². The van der Waals surface area contributed by atoms with Crippen LogP contribution in [0.2, 0.25) is 0 Å². The van der Waals surface area contributed by atoms with Crippen molar-refractivity contribution in [2.24, 2.45) is 0 Å². The number of likely N-dealkylation sites (N-methyl/N-ethyl adjacent to an activating group) is 1. The molecule has 11 nitrogen and oxygen atoms in total. The van der Waals surface area contributed by atoms with Crippen LogP contribution in [0.15, 0.2) is 57.7 Å². The van der Waals surface area contributed by atoms with Crippen LogP contribution in [0.4, 0.5) is 0 Å². The number of carbonyl (C=O) groups is 1. The summed E-state index contributed by atoms with van der Waals surface area (Å²) < 4.78 is 22.9. The van der Waals surface area contributed by atoms with Gasteiger partial charge >= 0.3 is 0 Å². The Morgan fingerprint density at radius 1 is 0.976 bits per heavy atom. The van der Waals surface area contributed by atoms with Gasteiger partial charge in [-0.3, -0.25) is 9.59 Å². The summed E-state index contributed by atoms with van der Waals surface area (Å²) >= 11 is 0. The van der Waals surface area contributed by atoms with Gasteiger partial charge in [0.15, 0.2) is 28.4 Å². The lowest BCUT2D eigenvalue weighted by molar-refractivity contribution is -0.133. The van der Waals surface area contributed by atoms with Crippen LogP contribution in [-0.4, -0.2) is 78.2 Å². The van der Waals surface area contributed by atoms with E-state index in [4.69, 9.17) is 18.6 Å². The second-order valence-electron chi connectivity index (χ2n) is 10.4. The molecule has 42 heavy (non-hydrogen) atoms. The van der Waals surface area contributed by atoms with Gasteiger partial charge in [-0.1, -0.05) is 30.3 Å². The minimum Gasteiger partial charge on any atom is -0.504 e. The van der Waals surface area contributed by atoms with Gasteiger partial charge in [-0.25, -0.2) is 0 Å². The van der Waals surface area contributed by atoms with Gasteiger partial charge in [0.05, 0.1) is 7.11 Å². The second-order valence-corrected chi connectivity index (χ2v) is 10.4. The number of hydrogen-bond donors (Lipinski definition) is 3. The van der Waals surface area contributed by atoms with E-state index in [2.05, 4.69) is 4.90 Å². The molecule has 218 valence electrons. The van der Waals surface area contributed by atoms with Crippen LogP contribution >= 0.6 is 0 Å². The standard InChI is InChI=1S/C31H30N2O9/c1-32-8-10-33(11-9-32)24(35)14-19(18-12-22(39-2)30-23(13-18)40-16-41-30)25-27(36)29(38)28(37)26-20(34)15-21(42-31(25)26)17-6-4-3-5-7-17/h3-7,12-13,15,19,36-38H,8-11,14,16H2,1-2H3. The van der Waals surface area contributed by atoms with Gasteiger partial charge in [0.25, 0.3) is 0 Å². The summed E-state index contributed by atoms with van der Waals surface area (Å²) in [5.41, 5.74) is 0.259. The monoisotopic (exact) mass is 574 g/mol. The molecule has 1 saturated heterocycles. The molecule has 11 heteroatoms. The number of carbonyl (C=O) groups excluding carboxylic acids is 1. The third-order valence-electron chi connectivity index (χ3n) is 7.86. The molecule has 2 aliphatic heterocycles. The van der Waals surface area contributed by atoms with Gasteiger partial charge in [0.1, 0.15) is 16.7 Å². The van der Waals surface area contributed by atoms with Gasteiger partial charge in [0, 0.05) is 55.7 Å². The number of rotatable bonds is 6. The lowest BCUT2D eigenvalue weighted by atomic mass is 9.85. The number of hydrogen-bond acceptors (Lipinski definition) is 10. The summed E-state index contributed by atoms with van der Waals surface area (Å²) in [6, 6.07) is 13.4. The lowest BCUT2D eigenvalue weighted by Crippen LogP contribution is -2.47. The van der Waals surface area contributed by atoms with E-state index in [9.17, 15) is 24.9 Å². The Morgan fingerprint density at radius 2 is 1.71 bits per heavy atom. The van der Waals surface area contributed by atoms with Crippen molar-refractivity contribution in [1.82, 2.24) is 9.80 Å². The van der Waals surface area contributed by atoms with Crippen LogP contribution in [0.3, 0.4) is 0 Å². The Kier molecular flexibility index (Phi) is 7.03. The predicted octanol–water partition coefficient (Wildman–Crippen LogP) is 3.61. The van der Waals surface area contributed by atoms with Gasteiger partial charge < -0.3 is 43.7 Å². The van der Waals surface area contributed by atoms with Gasteiger partial charge in [0.2, 0.25) is 24.2 Å². The molecule has 3 N–H and O–H groups in total. The molecule has 4 aromatic rings. The van der Waals surface area contributed by atoms with E-state index in [1.165, 1.54) is 13.2 Å². The minimum absolute atomic E-state index is 0.0243. The summed E-state index contributed by atoms with van der Waals surface area (Å²) in [5, 5.41) is 32.6. The number of nitrogens with zero attached hydrogens (tertiary/aromatic N) is 2. The Hall–Kier alpha value is -4.90. The number of phenolic OH excluding ortho intramolecular Hbond substituents is 3. The van der Waals surface area contributed by atoms with Crippen LogP contribution < -0.4 is 19.6 Å². The molecule has 0 aliphatic carbocycles. The van der Waals surface area contributed by atoms with Crippen molar-refractivity contribution in [3.63, 3.8) is 0 Å². The lowest BCUT2D eigenvalue weighted by Gasteiger charge is -2.33. The SMILES string of the molecule is COc1cc(C(CC(=O)N2CCN(C)CC2)c2c(O)c(O)c(O)c3c(=O)cc(-c4ccccc4)oc23)cc2c1OCO2. The zero-order chi connectivity index (χ0) is 29.5. The molecule has 1 fully saturated rings. The van der Waals surface area contributed by atoms with E-state index in [0.29, 0.717) is 54.6 Å². The quantitative estimate of drug-likeness (QED) is 0.292. The number of fused-ring (bicyclic) bond motifs is 2. The third kappa shape index (κ3) is 4.71. The van der Waals surface area contributed by atoms with E-state index in [-0.39, 0.29) is 41.4 Å². The van der Waals surface area contributed by atoms with Crippen LogP contribution in [0.5, 0.6) is 34.5 Å². The Bertz CT molecular complexity index is 1730. The number of amides is 1. The zero-order valence-electron chi connectivity index (χ0n) is 23.1. The van der Waals surface area contributed by atoms with Crippen LogP contribution in [0.1, 0.15) is 23.5 Å². The van der Waals surface area contributed by atoms with Crippen molar-refractivity contribution in [1.29, 1.82) is 0 Å². The van der Waals surface area contributed by atoms with Gasteiger partial charge in [-0.05, 0) is 24.7 Å². The van der Waals surface area contributed by atoms with Gasteiger partial charge in [-0.2, -0.15) is 0 Å². The summed E-state index contributed by atoms with van der Waals surface area (Å²) in [6.45, 7) is 2.43. The van der Waals surface area contributed by atoms with Gasteiger partial charge in [-0.15, -0.1) is 0 Å². The maximum atomic E-state index is 13.7. The molecule has 0 saturated carbocycles. The van der Waals surface area contributed by atoms with E-state index in [1.807, 2.05) is 13.1 Å². The molecule has 1 amide bonds. The van der Waals surface area contributed by atoms with Crippen LogP contribution in [0, 0.1) is 0 Å². The fraction of sp³-hybridized carbons (Fsp3) is 0.290. The molecule has 1 atom stereocenters. The average Bonchev–Trinajstić information content (AvgIpc) is 3.48. The third-order valence-corrected chi connectivity index (χ3v) is 7.86. The summed E-state index contributed by atoms with van der Waals surface area (Å²) in [6.07, 6.45) is -0.154. The van der Waals surface area contributed by atoms with Crippen molar-refractivity contribution in [2.45, 2.75) is 12.3 Å². The number of phenols is 3. The topological polar surface area (TPSA) is 142 Å². The van der Waals surface area contributed by atoms with Crippen molar-refractivity contribution < 1.29 is 38.7 Å². The number of aromatic hydroxyl groups is 3. The summed E-state index contributed by atoms with van der Waals surface area (Å²) in [7, 11) is 3.45. The smallest absolute Gasteiger partial charge is 0.231 e. The number of ether oxygens (including phenoxy) is 3. The minimum atomic E-state index is -0.955. The number of piperazine rings is 1. The van der Waals surface area contributed by atoms with E-state index < -0.39 is 28.6 Å². The normalized spacial score (nSPS) is 15.6. The molecule has 0 spiro atoms. The van der Waals surface area contributed by atoms with Crippen LogP contribution in [-0.2, 0) is 4.79 Å². The molecule has 3 aromatic carbocycles. The maximum Gasteiger partial charge on any atom is 0.231 e. The molecule has 0 bridgehead atoms. The molecule has 0 radical (unpaired) electrons. The zero-order valence-corrected chi connectivity index (χ0v) is 23.1. The highest BCUT2D eigenvalue weighted by molar-refractivity contribution is 5.94. The molecule has 1 unspecified atom stereocenters. The predicted molar refractivity (Wildman–Crippen MR) is 153 cm³/mol. The highest BCUT2D eigenvalue weighted by Gasteiger charge is 2.34. The van der Waals surface area contributed by atoms with E-state index in [0.717, 1.165) is 0 Å². The molecular formula is C31H30N2O9. The fourth-order valence-electron chi connectivity index (χ4n) is 5.54. The fourth-order valence-corrected chi connectivity index (χ4v) is 5.54. The van der Waals surface area contributed by atoms with Crippen molar-refractivity contribution in [2.75, 3.05) is 47.1 Å². The van der Waals surface area contributed by atoms with E-state index >= 15 is 0 Å². The first-order valence-electron chi connectivity index (χ1n) is 13.5. The second kappa shape index (κ2) is 10.8. The van der Waals surface area contributed by atoms with E-state index in [1.54, 1.807) is 41.3 Å². The summed E-state index contributed by atoms with van der Waals surface area (Å²) in [4.78, 5) is 31.0. The molecule has 6 rings (SSSR count). The Morgan fingerprint density at radius 3 is 2.43 bits per heavy atom. The number of methoxy groups -OCH3 is 1. The molecular weight excluding hydrogens is 544 g/mol. The highest BCUT2D eigenvalue weighted by Crippen LogP contribution is 2.51. The molecule has 3 heterocycles. The largest absolute Gasteiger partial charge is 0.504 e. The van der Waals surface area contributed by atoms with Crippen molar-refractivity contribution in [3.8, 4) is 45.8 Å². The first-order valence-corrected chi connectivity index (χ1v) is 13.5. The summed E-state index contributed by atoms with van der Waals surface area (Å²) in [5.74, 6) is -2.27.